The Kier molecular flexibility index (Phi) is 3.66. The van der Waals surface area contributed by atoms with Crippen molar-refractivity contribution in [2.45, 2.75) is 6.92 Å². The minimum Gasteiger partial charge on any atom is -0.478 e. The van der Waals surface area contributed by atoms with E-state index in [0.29, 0.717) is 6.41 Å². The first-order valence-corrected chi connectivity index (χ1v) is 2.88. The maximum Gasteiger partial charge on any atom is 0.332 e. The molecule has 1 amide bonds. The summed E-state index contributed by atoms with van der Waals surface area (Å²) in [6.07, 6.45) is 2.88. The summed E-state index contributed by atoms with van der Waals surface area (Å²) >= 11 is 0. The Balaban J connectivity index is 4.37. The van der Waals surface area contributed by atoms with E-state index in [1.165, 1.54) is 19.3 Å². The molecule has 0 aliphatic rings. The molecule has 0 spiro atoms. The third kappa shape index (κ3) is 3.20. The molecule has 60 valence electrons. The van der Waals surface area contributed by atoms with Crippen LogP contribution in [0.5, 0.6) is 0 Å². The molecule has 4 nitrogen and oxygen atoms in total. The van der Waals surface area contributed by atoms with Gasteiger partial charge < -0.3 is 5.11 Å². The van der Waals surface area contributed by atoms with Crippen molar-refractivity contribution in [1.82, 2.24) is 4.90 Å². The Labute approximate surface area is 64.4 Å². The number of rotatable bonds is 4. The summed E-state index contributed by atoms with van der Waals surface area (Å²) in [5.74, 6) is -1.06. The fourth-order valence-corrected chi connectivity index (χ4v) is 0.405. The summed E-state index contributed by atoms with van der Waals surface area (Å²) in [7, 11) is 0. The van der Waals surface area contributed by atoms with Gasteiger partial charge in [-0.3, -0.25) is 9.69 Å². The summed E-state index contributed by atoms with van der Waals surface area (Å²) in [6, 6.07) is 0. The Morgan fingerprint density at radius 1 is 1.64 bits per heavy atom. The molecule has 0 heterocycles. The molecule has 0 unspecified atom stereocenters. The molecule has 0 radical (unpaired) electrons. The number of nitrogens with zero attached hydrogens (tertiary/aromatic N) is 1. The summed E-state index contributed by atoms with van der Waals surface area (Å²) in [6.45, 7) is 4.69. The van der Waals surface area contributed by atoms with Crippen LogP contribution in [0.15, 0.2) is 24.6 Å². The number of hydrogen-bond acceptors (Lipinski definition) is 2. The third-order valence-corrected chi connectivity index (χ3v) is 1.01. The van der Waals surface area contributed by atoms with Crippen molar-refractivity contribution in [3.8, 4) is 0 Å². The lowest BCUT2D eigenvalue weighted by Gasteiger charge is -2.03. The van der Waals surface area contributed by atoms with Gasteiger partial charge in [0.05, 0.1) is 5.57 Å². The average Bonchev–Trinajstić information content (AvgIpc) is 1.99. The van der Waals surface area contributed by atoms with Gasteiger partial charge in [-0.2, -0.15) is 0 Å². The van der Waals surface area contributed by atoms with Crippen molar-refractivity contribution in [1.29, 1.82) is 0 Å². The summed E-state index contributed by atoms with van der Waals surface area (Å²) < 4.78 is 0. The minimum atomic E-state index is -1.06. The van der Waals surface area contributed by atoms with Crippen LogP contribution in [-0.2, 0) is 9.59 Å². The van der Waals surface area contributed by atoms with Gasteiger partial charge in [-0.15, -0.1) is 0 Å². The van der Waals surface area contributed by atoms with Gasteiger partial charge in [0.25, 0.3) is 0 Å². The summed E-state index contributed by atoms with van der Waals surface area (Å²) in [5.41, 5.74) is 0.0806. The van der Waals surface area contributed by atoms with Gasteiger partial charge in [-0.05, 0) is 6.92 Å². The standard InChI is InChI=1S/C7H9NO3/c1-3-8(5-9)4-6(2)7(10)11/h3-5H,1H2,2H3,(H,10,11). The van der Waals surface area contributed by atoms with Crippen LogP contribution in [-0.4, -0.2) is 22.4 Å². The SMILES string of the molecule is C=CN(C=O)C=C(C)C(=O)O. The molecule has 0 fully saturated rings. The molecule has 4 heteroatoms. The zero-order valence-electron chi connectivity index (χ0n) is 6.15. The van der Waals surface area contributed by atoms with Gasteiger partial charge >= 0.3 is 5.97 Å². The van der Waals surface area contributed by atoms with Gasteiger partial charge in [0, 0.05) is 12.4 Å². The first kappa shape index (κ1) is 9.42. The summed E-state index contributed by atoms with van der Waals surface area (Å²) in [4.78, 5) is 21.4. The van der Waals surface area contributed by atoms with E-state index in [1.54, 1.807) is 0 Å². The maximum atomic E-state index is 10.2. The summed E-state index contributed by atoms with van der Waals surface area (Å²) in [5, 5.41) is 8.38. The third-order valence-electron chi connectivity index (χ3n) is 1.01. The normalized spacial score (nSPS) is 10.5. The molecule has 0 atom stereocenters. The molecule has 0 aromatic heterocycles. The zero-order chi connectivity index (χ0) is 8.85. The van der Waals surface area contributed by atoms with E-state index in [4.69, 9.17) is 5.11 Å². The van der Waals surface area contributed by atoms with Crippen LogP contribution in [0.1, 0.15) is 6.92 Å². The highest BCUT2D eigenvalue weighted by molar-refractivity contribution is 5.86. The number of carbonyl (C=O) groups excluding carboxylic acids is 1. The van der Waals surface area contributed by atoms with Crippen molar-refractivity contribution in [3.63, 3.8) is 0 Å². The van der Waals surface area contributed by atoms with Gasteiger partial charge in [0.2, 0.25) is 6.41 Å². The molecule has 0 saturated heterocycles. The van der Waals surface area contributed by atoms with Crippen LogP contribution in [0.4, 0.5) is 0 Å². The fourth-order valence-electron chi connectivity index (χ4n) is 0.405. The Morgan fingerprint density at radius 2 is 2.18 bits per heavy atom. The van der Waals surface area contributed by atoms with E-state index in [1.807, 2.05) is 0 Å². The largest absolute Gasteiger partial charge is 0.478 e. The van der Waals surface area contributed by atoms with Crippen molar-refractivity contribution < 1.29 is 14.7 Å². The highest BCUT2D eigenvalue weighted by Crippen LogP contribution is 1.95. The predicted octanol–water partition coefficient (Wildman–Crippen LogP) is 0.577. The highest BCUT2D eigenvalue weighted by Gasteiger charge is 2.00. The maximum absolute atomic E-state index is 10.2. The van der Waals surface area contributed by atoms with Crippen LogP contribution >= 0.6 is 0 Å². The van der Waals surface area contributed by atoms with E-state index in [9.17, 15) is 9.59 Å². The van der Waals surface area contributed by atoms with Gasteiger partial charge in [0.1, 0.15) is 0 Å². The lowest BCUT2D eigenvalue weighted by molar-refractivity contribution is -0.132. The number of carboxylic acid groups (broad SMARTS) is 1. The van der Waals surface area contributed by atoms with Crippen molar-refractivity contribution >= 4 is 12.4 Å². The number of hydrogen-bond donors (Lipinski definition) is 1. The van der Waals surface area contributed by atoms with E-state index in [-0.39, 0.29) is 5.57 Å². The van der Waals surface area contributed by atoms with Gasteiger partial charge in [0.15, 0.2) is 0 Å². The topological polar surface area (TPSA) is 57.6 Å². The number of amides is 1. The molecule has 0 saturated carbocycles. The fraction of sp³-hybridized carbons (Fsp3) is 0.143. The van der Waals surface area contributed by atoms with Crippen molar-refractivity contribution in [2.75, 3.05) is 0 Å². The zero-order valence-corrected chi connectivity index (χ0v) is 6.15. The number of carboxylic acids is 1. The molecule has 1 N–H and O–H groups in total. The van der Waals surface area contributed by atoms with E-state index < -0.39 is 5.97 Å². The van der Waals surface area contributed by atoms with Crippen LogP contribution in [0.2, 0.25) is 0 Å². The van der Waals surface area contributed by atoms with Crippen LogP contribution in [0, 0.1) is 0 Å². The van der Waals surface area contributed by atoms with Crippen molar-refractivity contribution in [2.24, 2.45) is 0 Å². The minimum absolute atomic E-state index is 0.0806. The highest BCUT2D eigenvalue weighted by atomic mass is 16.4. The van der Waals surface area contributed by atoms with Crippen LogP contribution < -0.4 is 0 Å². The molecule has 0 aromatic carbocycles. The molecular formula is C7H9NO3. The second-order valence-electron chi connectivity index (χ2n) is 1.85. The number of carbonyl (C=O) groups is 2. The molecule has 0 aromatic rings. The van der Waals surface area contributed by atoms with E-state index in [2.05, 4.69) is 6.58 Å². The quantitative estimate of drug-likeness (QED) is 0.477. The molecule has 11 heavy (non-hydrogen) atoms. The lowest BCUT2D eigenvalue weighted by atomic mass is 10.3. The lowest BCUT2D eigenvalue weighted by Crippen LogP contribution is -2.08. The Bertz CT molecular complexity index is 200. The smallest absolute Gasteiger partial charge is 0.332 e. The molecule has 0 aliphatic carbocycles. The Morgan fingerprint density at radius 3 is 2.45 bits per heavy atom. The van der Waals surface area contributed by atoms with Gasteiger partial charge in [-0.25, -0.2) is 4.79 Å². The first-order chi connectivity index (χ1) is 5.11. The molecule has 0 aliphatic heterocycles. The monoisotopic (exact) mass is 155 g/mol. The molecule has 0 rings (SSSR count). The second-order valence-corrected chi connectivity index (χ2v) is 1.85. The first-order valence-electron chi connectivity index (χ1n) is 2.88. The Hall–Kier alpha value is -1.58. The second kappa shape index (κ2) is 4.27. The molecule has 0 bridgehead atoms. The van der Waals surface area contributed by atoms with Crippen LogP contribution in [0.3, 0.4) is 0 Å². The van der Waals surface area contributed by atoms with E-state index >= 15 is 0 Å². The van der Waals surface area contributed by atoms with Crippen LogP contribution in [0.25, 0.3) is 0 Å². The van der Waals surface area contributed by atoms with Gasteiger partial charge in [-0.1, -0.05) is 6.58 Å². The molecular weight excluding hydrogens is 146 g/mol. The van der Waals surface area contributed by atoms with E-state index in [0.717, 1.165) is 4.90 Å². The van der Waals surface area contributed by atoms with Crippen molar-refractivity contribution in [3.05, 3.63) is 24.6 Å². The predicted molar refractivity (Wildman–Crippen MR) is 39.5 cm³/mol. The average molecular weight is 155 g/mol. The number of aliphatic carboxylic acids is 1.